The summed E-state index contributed by atoms with van der Waals surface area (Å²) in [6.07, 6.45) is 0. The van der Waals surface area contributed by atoms with Crippen LogP contribution in [0.1, 0.15) is 16.1 Å². The van der Waals surface area contributed by atoms with Gasteiger partial charge in [-0.3, -0.25) is 9.48 Å². The maximum Gasteiger partial charge on any atom is 0.254 e. The number of aryl methyl sites for hydroxylation is 2. The van der Waals surface area contributed by atoms with Crippen LogP contribution in [0.25, 0.3) is 0 Å². The highest BCUT2D eigenvalue weighted by Crippen LogP contribution is 2.24. The second kappa shape index (κ2) is 3.79. The lowest BCUT2D eigenvalue weighted by Gasteiger charge is -2.37. The predicted molar refractivity (Wildman–Crippen MR) is 61.5 cm³/mol. The zero-order chi connectivity index (χ0) is 11.9. The minimum Gasteiger partial charge on any atom is -0.365 e. The number of nitrogens with zero attached hydrogens (tertiary/aromatic N) is 3. The molecule has 1 amide bonds. The average Bonchev–Trinajstić information content (AvgIpc) is 2.37. The van der Waals surface area contributed by atoms with Gasteiger partial charge in [0.05, 0.1) is 11.7 Å². The number of amides is 1. The third-order valence-electron chi connectivity index (χ3n) is 3.08. The molecule has 0 radical (unpaired) electrons. The second-order valence-corrected chi connectivity index (χ2v) is 4.19. The minimum absolute atomic E-state index is 0.410. The van der Waals surface area contributed by atoms with Crippen LogP contribution < -0.4 is 16.0 Å². The van der Waals surface area contributed by atoms with E-state index >= 15 is 0 Å². The van der Waals surface area contributed by atoms with E-state index in [0.717, 1.165) is 18.9 Å². The van der Waals surface area contributed by atoms with Gasteiger partial charge < -0.3 is 16.0 Å². The van der Waals surface area contributed by atoms with Crippen molar-refractivity contribution in [1.82, 2.24) is 15.1 Å². The van der Waals surface area contributed by atoms with Gasteiger partial charge in [0, 0.05) is 27.2 Å². The normalized spacial score (nSPS) is 15.9. The summed E-state index contributed by atoms with van der Waals surface area (Å²) in [5.41, 5.74) is 6.60. The number of anilines is 1. The summed E-state index contributed by atoms with van der Waals surface area (Å²) >= 11 is 0. The summed E-state index contributed by atoms with van der Waals surface area (Å²) in [4.78, 5) is 13.5. The Morgan fingerprint density at radius 2 is 2.25 bits per heavy atom. The van der Waals surface area contributed by atoms with Crippen molar-refractivity contribution in [2.24, 2.45) is 12.8 Å². The molecule has 1 saturated heterocycles. The summed E-state index contributed by atoms with van der Waals surface area (Å²) < 4.78 is 1.72. The van der Waals surface area contributed by atoms with Crippen LogP contribution in [0.5, 0.6) is 0 Å². The Morgan fingerprint density at radius 1 is 1.62 bits per heavy atom. The molecule has 1 aromatic rings. The fourth-order valence-corrected chi connectivity index (χ4v) is 2.06. The first-order valence-electron chi connectivity index (χ1n) is 5.29. The highest BCUT2D eigenvalue weighted by Gasteiger charge is 2.28. The molecule has 0 atom stereocenters. The number of rotatable bonds is 3. The molecule has 1 fully saturated rings. The molecule has 0 saturated carbocycles. The molecule has 88 valence electrons. The van der Waals surface area contributed by atoms with Crippen LogP contribution in [-0.4, -0.2) is 41.9 Å². The fourth-order valence-electron chi connectivity index (χ4n) is 2.06. The largest absolute Gasteiger partial charge is 0.365 e. The molecule has 1 aliphatic heterocycles. The maximum atomic E-state index is 11.4. The average molecular weight is 223 g/mol. The molecule has 2 rings (SSSR count). The summed E-state index contributed by atoms with van der Waals surface area (Å²) in [7, 11) is 3.80. The van der Waals surface area contributed by atoms with Gasteiger partial charge in [0.2, 0.25) is 0 Å². The van der Waals surface area contributed by atoms with Crippen molar-refractivity contribution in [3.05, 3.63) is 11.3 Å². The Bertz CT molecular complexity index is 421. The van der Waals surface area contributed by atoms with E-state index in [1.54, 1.807) is 11.6 Å². The Hall–Kier alpha value is -1.56. The third kappa shape index (κ3) is 1.55. The van der Waals surface area contributed by atoms with Gasteiger partial charge >= 0.3 is 0 Å². The molecule has 16 heavy (non-hydrogen) atoms. The molecular formula is C10H17N5O. The van der Waals surface area contributed by atoms with Gasteiger partial charge in [-0.1, -0.05) is 0 Å². The molecule has 0 spiro atoms. The van der Waals surface area contributed by atoms with Crippen LogP contribution in [0, 0.1) is 6.92 Å². The Labute approximate surface area is 94.4 Å². The monoisotopic (exact) mass is 223 g/mol. The van der Waals surface area contributed by atoms with E-state index in [9.17, 15) is 4.79 Å². The van der Waals surface area contributed by atoms with Crippen LogP contribution in [-0.2, 0) is 7.05 Å². The number of nitrogens with one attached hydrogen (secondary N) is 1. The number of primary amides is 1. The first-order chi connectivity index (χ1) is 7.52. The van der Waals surface area contributed by atoms with E-state index in [1.165, 1.54) is 0 Å². The maximum absolute atomic E-state index is 11.4. The lowest BCUT2D eigenvalue weighted by Crippen LogP contribution is -2.56. The van der Waals surface area contributed by atoms with Crippen molar-refractivity contribution in [3.8, 4) is 0 Å². The summed E-state index contributed by atoms with van der Waals surface area (Å²) in [5.74, 6) is 0.385. The number of carbonyl (C=O) groups excluding carboxylic acids is 1. The van der Waals surface area contributed by atoms with E-state index in [-0.39, 0.29) is 0 Å². The van der Waals surface area contributed by atoms with E-state index < -0.39 is 5.91 Å². The summed E-state index contributed by atoms with van der Waals surface area (Å²) in [6.45, 7) is 3.66. The Kier molecular flexibility index (Phi) is 2.59. The first-order valence-corrected chi connectivity index (χ1v) is 5.29. The van der Waals surface area contributed by atoms with Crippen molar-refractivity contribution in [1.29, 1.82) is 0 Å². The number of aromatic nitrogens is 2. The van der Waals surface area contributed by atoms with Crippen molar-refractivity contribution >= 4 is 11.7 Å². The van der Waals surface area contributed by atoms with Crippen molar-refractivity contribution in [2.75, 3.05) is 25.0 Å². The predicted octanol–water partition coefficient (Wildman–Crippen LogP) is -0.765. The van der Waals surface area contributed by atoms with E-state index in [1.807, 2.05) is 14.1 Å². The summed E-state index contributed by atoms with van der Waals surface area (Å²) in [5, 5.41) is 7.45. The summed E-state index contributed by atoms with van der Waals surface area (Å²) in [6, 6.07) is 0.410. The van der Waals surface area contributed by atoms with Gasteiger partial charge in [-0.2, -0.15) is 5.10 Å². The minimum atomic E-state index is -0.417. The van der Waals surface area contributed by atoms with E-state index in [2.05, 4.69) is 15.3 Å². The topological polar surface area (TPSA) is 76.2 Å². The number of nitrogens with two attached hydrogens (primary N) is 1. The van der Waals surface area contributed by atoms with Crippen molar-refractivity contribution in [3.63, 3.8) is 0 Å². The fraction of sp³-hybridized carbons (Fsp3) is 0.600. The van der Waals surface area contributed by atoms with Gasteiger partial charge in [-0.25, -0.2) is 0 Å². The van der Waals surface area contributed by atoms with Crippen molar-refractivity contribution in [2.45, 2.75) is 13.0 Å². The zero-order valence-corrected chi connectivity index (χ0v) is 9.82. The van der Waals surface area contributed by atoms with Gasteiger partial charge in [-0.05, 0) is 6.92 Å². The molecule has 0 bridgehead atoms. The number of likely N-dealkylation sites (N-methyl/N-ethyl adjacent to an activating group) is 1. The van der Waals surface area contributed by atoms with Gasteiger partial charge in [0.1, 0.15) is 11.4 Å². The molecule has 0 aliphatic carbocycles. The van der Waals surface area contributed by atoms with Crippen LogP contribution in [0.4, 0.5) is 5.82 Å². The van der Waals surface area contributed by atoms with Crippen LogP contribution in [0.15, 0.2) is 0 Å². The van der Waals surface area contributed by atoms with E-state index in [4.69, 9.17) is 5.73 Å². The lowest BCUT2D eigenvalue weighted by molar-refractivity contribution is 0.1000. The number of hydrogen-bond acceptors (Lipinski definition) is 4. The molecule has 3 N–H and O–H groups in total. The zero-order valence-electron chi connectivity index (χ0n) is 9.82. The van der Waals surface area contributed by atoms with E-state index in [0.29, 0.717) is 17.3 Å². The van der Waals surface area contributed by atoms with Crippen molar-refractivity contribution < 1.29 is 4.79 Å². The highest BCUT2D eigenvalue weighted by molar-refractivity contribution is 5.99. The van der Waals surface area contributed by atoms with Gasteiger partial charge in [0.15, 0.2) is 0 Å². The SMILES string of the molecule is Cc1nn(C)c(N(C)C2CNC2)c1C(N)=O. The quantitative estimate of drug-likeness (QED) is 0.706. The first kappa shape index (κ1) is 10.9. The number of carbonyl (C=O) groups is 1. The molecule has 6 nitrogen and oxygen atoms in total. The van der Waals surface area contributed by atoms with Crippen LogP contribution in [0.2, 0.25) is 0 Å². The molecule has 1 aliphatic rings. The third-order valence-corrected chi connectivity index (χ3v) is 3.08. The van der Waals surface area contributed by atoms with Crippen LogP contribution >= 0.6 is 0 Å². The Balaban J connectivity index is 2.41. The van der Waals surface area contributed by atoms with Gasteiger partial charge in [-0.15, -0.1) is 0 Å². The lowest BCUT2D eigenvalue weighted by atomic mass is 10.1. The molecule has 0 aromatic carbocycles. The van der Waals surface area contributed by atoms with Crippen LogP contribution in [0.3, 0.4) is 0 Å². The van der Waals surface area contributed by atoms with Gasteiger partial charge in [0.25, 0.3) is 5.91 Å². The molecule has 1 aromatic heterocycles. The Morgan fingerprint density at radius 3 is 2.69 bits per heavy atom. The molecule has 0 unspecified atom stereocenters. The smallest absolute Gasteiger partial charge is 0.254 e. The standard InChI is InChI=1S/C10H17N5O/c1-6-8(9(11)16)10(15(3)13-6)14(2)7-4-12-5-7/h7,12H,4-5H2,1-3H3,(H2,11,16). The molecule has 6 heteroatoms. The number of hydrogen-bond donors (Lipinski definition) is 2. The molecular weight excluding hydrogens is 206 g/mol. The highest BCUT2D eigenvalue weighted by atomic mass is 16.1. The molecule has 2 heterocycles. The second-order valence-electron chi connectivity index (χ2n) is 4.19.